The molecule has 0 saturated carbocycles. The molecule has 20 heavy (non-hydrogen) atoms. The van der Waals surface area contributed by atoms with Crippen LogP contribution in [0.2, 0.25) is 0 Å². The number of carbonyl (C=O) groups excluding carboxylic acids is 1. The molecule has 0 aliphatic heterocycles. The van der Waals surface area contributed by atoms with Crippen LogP contribution in [0.15, 0.2) is 0 Å². The summed E-state index contributed by atoms with van der Waals surface area (Å²) in [5, 5.41) is 45.6. The quantitative estimate of drug-likeness (QED) is 0.387. The van der Waals surface area contributed by atoms with E-state index in [0.717, 1.165) is 0 Å². The number of primary amides is 1. The first-order valence-corrected chi connectivity index (χ1v) is 4.72. The van der Waals surface area contributed by atoms with Gasteiger partial charge in [-0.3, -0.25) is 4.79 Å². The molecule has 1 aromatic carbocycles. The first kappa shape index (κ1) is 14.8. The number of amides is 1. The second-order valence-corrected chi connectivity index (χ2v) is 3.48. The number of benzene rings is 1. The SMILES string of the molecule is NC(=O)c1c(O)c(C(=O)O)c(C(=O)O)c(O)c1C(=O)O. The zero-order valence-corrected chi connectivity index (χ0v) is 9.45. The van der Waals surface area contributed by atoms with E-state index < -0.39 is 57.6 Å². The molecule has 0 aliphatic rings. The minimum atomic E-state index is -2.01. The highest BCUT2D eigenvalue weighted by Gasteiger charge is 2.35. The van der Waals surface area contributed by atoms with Crippen LogP contribution >= 0.6 is 0 Å². The van der Waals surface area contributed by atoms with E-state index >= 15 is 0 Å². The number of nitrogens with two attached hydrogens (primary N) is 1. The van der Waals surface area contributed by atoms with Crippen molar-refractivity contribution in [1.82, 2.24) is 0 Å². The Kier molecular flexibility index (Phi) is 3.51. The number of rotatable bonds is 4. The second-order valence-electron chi connectivity index (χ2n) is 3.48. The summed E-state index contributed by atoms with van der Waals surface area (Å²) >= 11 is 0. The van der Waals surface area contributed by atoms with Gasteiger partial charge in [0.2, 0.25) is 0 Å². The molecule has 0 spiro atoms. The number of hydrogen-bond acceptors (Lipinski definition) is 6. The van der Waals surface area contributed by atoms with Crippen molar-refractivity contribution in [3.05, 3.63) is 22.3 Å². The molecule has 1 amide bonds. The lowest BCUT2D eigenvalue weighted by Crippen LogP contribution is -2.21. The Bertz CT molecular complexity index is 551. The molecule has 7 N–H and O–H groups in total. The minimum absolute atomic E-state index is 1.20. The largest absolute Gasteiger partial charge is 0.506 e. The van der Waals surface area contributed by atoms with Crippen molar-refractivity contribution in [2.75, 3.05) is 0 Å². The van der Waals surface area contributed by atoms with Crippen molar-refractivity contribution < 1.29 is 44.7 Å². The summed E-state index contributed by atoms with van der Waals surface area (Å²) in [4.78, 5) is 43.9. The fourth-order valence-electron chi connectivity index (χ4n) is 1.59. The smallest absolute Gasteiger partial charge is 0.340 e. The van der Waals surface area contributed by atoms with E-state index in [4.69, 9.17) is 21.1 Å². The molecule has 0 saturated heterocycles. The van der Waals surface area contributed by atoms with Crippen molar-refractivity contribution in [2.45, 2.75) is 0 Å². The highest BCUT2D eigenvalue weighted by molar-refractivity contribution is 6.15. The summed E-state index contributed by atoms with van der Waals surface area (Å²) in [7, 11) is 0. The number of carboxylic acid groups (broad SMARTS) is 3. The predicted molar refractivity (Wildman–Crippen MR) is 59.2 cm³/mol. The van der Waals surface area contributed by atoms with Gasteiger partial charge in [0.25, 0.3) is 5.91 Å². The highest BCUT2D eigenvalue weighted by Crippen LogP contribution is 2.37. The lowest BCUT2D eigenvalue weighted by Gasteiger charge is -2.13. The second kappa shape index (κ2) is 4.76. The zero-order valence-electron chi connectivity index (χ0n) is 9.45. The number of hydrogen-bond donors (Lipinski definition) is 6. The number of carboxylic acids is 3. The van der Waals surface area contributed by atoms with Gasteiger partial charge in [-0.2, -0.15) is 0 Å². The van der Waals surface area contributed by atoms with Crippen LogP contribution in [-0.4, -0.2) is 49.3 Å². The van der Waals surface area contributed by atoms with E-state index in [9.17, 15) is 29.4 Å². The van der Waals surface area contributed by atoms with Crippen LogP contribution in [-0.2, 0) is 0 Å². The fraction of sp³-hybridized carbons (Fsp3) is 0. The van der Waals surface area contributed by atoms with Crippen molar-refractivity contribution in [3.63, 3.8) is 0 Å². The summed E-state index contributed by atoms with van der Waals surface area (Å²) in [5.74, 6) is -10.4. The lowest BCUT2D eigenvalue weighted by atomic mass is 9.94. The Labute approximate surface area is 109 Å². The molecule has 106 valence electrons. The standard InChI is InChI=1S/C10H7NO9/c11-7(14)1-2(8(15)16)6(13)4(10(19)20)3(5(1)12)9(17)18/h12-13H,(H2,11,14)(H,15,16)(H,17,18)(H,19,20). The van der Waals surface area contributed by atoms with Gasteiger partial charge in [0.15, 0.2) is 0 Å². The van der Waals surface area contributed by atoms with E-state index in [1.54, 1.807) is 0 Å². The van der Waals surface area contributed by atoms with Crippen molar-refractivity contribution in [3.8, 4) is 11.5 Å². The number of phenols is 2. The molecule has 10 heteroatoms. The van der Waals surface area contributed by atoms with E-state index in [0.29, 0.717) is 0 Å². The van der Waals surface area contributed by atoms with Gasteiger partial charge in [-0.05, 0) is 0 Å². The maximum atomic E-state index is 11.1. The molecule has 10 nitrogen and oxygen atoms in total. The highest BCUT2D eigenvalue weighted by atomic mass is 16.4. The van der Waals surface area contributed by atoms with Gasteiger partial charge in [-0.15, -0.1) is 0 Å². The molecule has 0 aliphatic carbocycles. The maximum Gasteiger partial charge on any atom is 0.340 e. The molecule has 0 fully saturated rings. The van der Waals surface area contributed by atoms with E-state index in [1.165, 1.54) is 0 Å². The summed E-state index contributed by atoms with van der Waals surface area (Å²) in [6.45, 7) is 0. The van der Waals surface area contributed by atoms with Gasteiger partial charge in [0, 0.05) is 0 Å². The summed E-state index contributed by atoms with van der Waals surface area (Å²) in [5.41, 5.74) is -0.390. The maximum absolute atomic E-state index is 11.1. The van der Waals surface area contributed by atoms with Crippen LogP contribution in [0.1, 0.15) is 41.4 Å². The molecule has 0 heterocycles. The first-order chi connectivity index (χ1) is 9.11. The van der Waals surface area contributed by atoms with Gasteiger partial charge >= 0.3 is 17.9 Å². The minimum Gasteiger partial charge on any atom is -0.506 e. The normalized spacial score (nSPS) is 10.0. The molecule has 1 aromatic rings. The van der Waals surface area contributed by atoms with Crippen LogP contribution in [0.5, 0.6) is 11.5 Å². The van der Waals surface area contributed by atoms with E-state index in [-0.39, 0.29) is 0 Å². The van der Waals surface area contributed by atoms with Gasteiger partial charge in [0.05, 0.1) is 0 Å². The molecule has 0 bridgehead atoms. The monoisotopic (exact) mass is 285 g/mol. The molecular formula is C10H7NO9. The average molecular weight is 285 g/mol. The summed E-state index contributed by atoms with van der Waals surface area (Å²) < 4.78 is 0. The van der Waals surface area contributed by atoms with Crippen molar-refractivity contribution in [2.24, 2.45) is 5.73 Å². The lowest BCUT2D eigenvalue weighted by molar-refractivity contribution is 0.0639. The third kappa shape index (κ3) is 2.05. The van der Waals surface area contributed by atoms with Crippen LogP contribution < -0.4 is 5.73 Å². The predicted octanol–water partition coefficient (Wildman–Crippen LogP) is -0.709. The van der Waals surface area contributed by atoms with Crippen LogP contribution in [0.25, 0.3) is 0 Å². The van der Waals surface area contributed by atoms with Crippen molar-refractivity contribution >= 4 is 23.8 Å². The molecule has 0 unspecified atom stereocenters. The Morgan fingerprint density at radius 2 is 0.900 bits per heavy atom. The van der Waals surface area contributed by atoms with E-state index in [1.807, 2.05) is 0 Å². The van der Waals surface area contributed by atoms with Crippen LogP contribution in [0, 0.1) is 0 Å². The molecule has 0 radical (unpaired) electrons. The van der Waals surface area contributed by atoms with Gasteiger partial charge < -0.3 is 31.3 Å². The third-order valence-electron chi connectivity index (χ3n) is 2.34. The fourth-order valence-corrected chi connectivity index (χ4v) is 1.59. The summed E-state index contributed by atoms with van der Waals surface area (Å²) in [6, 6.07) is 0. The molecule has 0 atom stereocenters. The Morgan fingerprint density at radius 3 is 1.15 bits per heavy atom. The number of carbonyl (C=O) groups is 4. The third-order valence-corrected chi connectivity index (χ3v) is 2.34. The average Bonchev–Trinajstić information content (AvgIpc) is 2.28. The van der Waals surface area contributed by atoms with Crippen LogP contribution in [0.3, 0.4) is 0 Å². The summed E-state index contributed by atoms with van der Waals surface area (Å²) in [6.07, 6.45) is 0. The Balaban J connectivity index is 4.10. The van der Waals surface area contributed by atoms with Gasteiger partial charge in [-0.25, -0.2) is 14.4 Å². The van der Waals surface area contributed by atoms with Crippen molar-refractivity contribution in [1.29, 1.82) is 0 Å². The zero-order chi connectivity index (χ0) is 15.8. The van der Waals surface area contributed by atoms with Gasteiger partial charge in [0.1, 0.15) is 33.8 Å². The number of aromatic carboxylic acids is 3. The molecule has 0 aromatic heterocycles. The van der Waals surface area contributed by atoms with Crippen LogP contribution in [0.4, 0.5) is 0 Å². The van der Waals surface area contributed by atoms with E-state index in [2.05, 4.69) is 0 Å². The first-order valence-electron chi connectivity index (χ1n) is 4.72. The topological polar surface area (TPSA) is 195 Å². The Hall–Kier alpha value is -3.30. The molecule has 1 rings (SSSR count). The Morgan fingerprint density at radius 1 is 0.650 bits per heavy atom. The van der Waals surface area contributed by atoms with Gasteiger partial charge in [-0.1, -0.05) is 0 Å². The molecular weight excluding hydrogens is 278 g/mol. The number of aromatic hydroxyl groups is 2.